The van der Waals surface area contributed by atoms with E-state index in [1.54, 1.807) is 34.7 Å². The van der Waals surface area contributed by atoms with Gasteiger partial charge in [-0.25, -0.2) is 13.1 Å². The molecule has 3 heterocycles. The van der Waals surface area contributed by atoms with Gasteiger partial charge < -0.3 is 9.64 Å². The molecule has 4 rings (SSSR count). The molecule has 2 aromatic rings. The van der Waals surface area contributed by atoms with Gasteiger partial charge in [-0.1, -0.05) is 5.21 Å². The monoisotopic (exact) mass is 463 g/mol. The minimum atomic E-state index is -3.51. The second kappa shape index (κ2) is 9.53. The third-order valence-corrected chi connectivity index (χ3v) is 8.09. The van der Waals surface area contributed by atoms with E-state index in [9.17, 15) is 18.0 Å². The number of likely N-dealkylation sites (tertiary alicyclic amines) is 1. The molecule has 2 aliphatic rings. The quantitative estimate of drug-likeness (QED) is 0.570. The molecule has 174 valence electrons. The van der Waals surface area contributed by atoms with Gasteiger partial charge in [-0.3, -0.25) is 9.59 Å². The highest BCUT2D eigenvalue weighted by Crippen LogP contribution is 2.24. The van der Waals surface area contributed by atoms with E-state index < -0.39 is 10.0 Å². The molecular formula is C21H29N5O5S. The molecule has 0 N–H and O–H groups in total. The van der Waals surface area contributed by atoms with E-state index in [1.807, 2.05) is 0 Å². The van der Waals surface area contributed by atoms with Gasteiger partial charge >= 0.3 is 5.97 Å². The zero-order valence-corrected chi connectivity index (χ0v) is 19.1. The van der Waals surface area contributed by atoms with Crippen LogP contribution in [0.2, 0.25) is 0 Å². The summed E-state index contributed by atoms with van der Waals surface area (Å²) in [7, 11) is -3.51. The largest absolute Gasteiger partial charge is 0.466 e. The topological polar surface area (TPSA) is 115 Å². The number of piperidine rings is 1. The zero-order valence-electron chi connectivity index (χ0n) is 18.3. The third-order valence-electron chi connectivity index (χ3n) is 6.19. The number of nitrogens with zero attached hydrogens (tertiary/aromatic N) is 5. The number of sulfonamides is 1. The molecule has 1 aromatic carbocycles. The Hall–Kier alpha value is -2.53. The molecule has 0 atom stereocenters. The van der Waals surface area contributed by atoms with Gasteiger partial charge in [0.1, 0.15) is 5.52 Å². The van der Waals surface area contributed by atoms with Crippen LogP contribution in [-0.4, -0.2) is 77.3 Å². The molecule has 2 aliphatic heterocycles. The molecular weight excluding hydrogens is 434 g/mol. The average Bonchev–Trinajstić information content (AvgIpc) is 3.48. The van der Waals surface area contributed by atoms with E-state index in [1.165, 1.54) is 4.31 Å². The molecule has 0 radical (unpaired) electrons. The first-order chi connectivity index (χ1) is 15.4. The highest BCUT2D eigenvalue weighted by Gasteiger charge is 2.29. The summed E-state index contributed by atoms with van der Waals surface area (Å²) in [6.07, 6.45) is 3.25. The van der Waals surface area contributed by atoms with Crippen molar-refractivity contribution in [2.75, 3.05) is 32.8 Å². The van der Waals surface area contributed by atoms with Gasteiger partial charge in [0.05, 0.1) is 29.5 Å². The Morgan fingerprint density at radius 3 is 2.53 bits per heavy atom. The van der Waals surface area contributed by atoms with Crippen molar-refractivity contribution in [1.82, 2.24) is 24.2 Å². The van der Waals surface area contributed by atoms with Crippen molar-refractivity contribution < 1.29 is 22.7 Å². The lowest BCUT2D eigenvalue weighted by molar-refractivity contribution is -0.151. The molecule has 10 nitrogen and oxygen atoms in total. The second-order valence-electron chi connectivity index (χ2n) is 8.23. The van der Waals surface area contributed by atoms with E-state index >= 15 is 0 Å². The van der Waals surface area contributed by atoms with Gasteiger partial charge in [0.25, 0.3) is 0 Å². The molecule has 0 saturated carbocycles. The van der Waals surface area contributed by atoms with E-state index in [0.29, 0.717) is 63.2 Å². The predicted molar refractivity (Wildman–Crippen MR) is 116 cm³/mol. The van der Waals surface area contributed by atoms with E-state index in [2.05, 4.69) is 10.3 Å². The SMILES string of the molecule is CCOC(=O)C1CCN(C(=O)CCn2nnc3cc(S(=O)(=O)N4CCCC4)ccc32)CC1. The van der Waals surface area contributed by atoms with Crippen LogP contribution in [0, 0.1) is 5.92 Å². The van der Waals surface area contributed by atoms with Crippen LogP contribution in [0.5, 0.6) is 0 Å². The normalized spacial score (nSPS) is 18.3. The molecule has 0 aliphatic carbocycles. The number of aromatic nitrogens is 3. The molecule has 0 unspecified atom stereocenters. The van der Waals surface area contributed by atoms with Gasteiger partial charge in [-0.2, -0.15) is 4.31 Å². The zero-order chi connectivity index (χ0) is 22.7. The maximum absolute atomic E-state index is 12.8. The highest BCUT2D eigenvalue weighted by atomic mass is 32.2. The third kappa shape index (κ3) is 4.63. The molecule has 1 aromatic heterocycles. The van der Waals surface area contributed by atoms with Crippen molar-refractivity contribution in [3.8, 4) is 0 Å². The van der Waals surface area contributed by atoms with Gasteiger partial charge in [-0.05, 0) is 50.8 Å². The molecule has 11 heteroatoms. The first-order valence-electron chi connectivity index (χ1n) is 11.2. The summed E-state index contributed by atoms with van der Waals surface area (Å²) in [4.78, 5) is 26.5. The number of carbonyl (C=O) groups excluding carboxylic acids is 2. The van der Waals surface area contributed by atoms with Crippen molar-refractivity contribution in [2.24, 2.45) is 5.92 Å². The number of carbonyl (C=O) groups is 2. The maximum Gasteiger partial charge on any atom is 0.309 e. The molecule has 32 heavy (non-hydrogen) atoms. The summed E-state index contributed by atoms with van der Waals surface area (Å²) in [5.41, 5.74) is 1.19. The average molecular weight is 464 g/mol. The molecule has 1 amide bonds. The van der Waals surface area contributed by atoms with Gasteiger partial charge in [0, 0.05) is 32.6 Å². The summed E-state index contributed by atoms with van der Waals surface area (Å²) in [5, 5.41) is 8.23. The van der Waals surface area contributed by atoms with Crippen molar-refractivity contribution in [3.05, 3.63) is 18.2 Å². The van der Waals surface area contributed by atoms with Crippen molar-refractivity contribution in [3.63, 3.8) is 0 Å². The minimum absolute atomic E-state index is 0.00388. The van der Waals surface area contributed by atoms with Crippen molar-refractivity contribution >= 4 is 32.9 Å². The smallest absolute Gasteiger partial charge is 0.309 e. The molecule has 2 saturated heterocycles. The fourth-order valence-corrected chi connectivity index (χ4v) is 5.88. The lowest BCUT2D eigenvalue weighted by atomic mass is 9.97. The number of benzene rings is 1. The molecule has 2 fully saturated rings. The van der Waals surface area contributed by atoms with Crippen LogP contribution in [0.25, 0.3) is 11.0 Å². The van der Waals surface area contributed by atoms with Crippen LogP contribution in [0.4, 0.5) is 0 Å². The fourth-order valence-electron chi connectivity index (χ4n) is 4.34. The van der Waals surface area contributed by atoms with Crippen LogP contribution in [0.15, 0.2) is 23.1 Å². The predicted octanol–water partition coefficient (Wildman–Crippen LogP) is 1.41. The Bertz CT molecular complexity index is 1090. The van der Waals surface area contributed by atoms with Gasteiger partial charge in [0.15, 0.2) is 0 Å². The Kier molecular flexibility index (Phi) is 6.75. The van der Waals surface area contributed by atoms with Crippen LogP contribution in [0.1, 0.15) is 39.0 Å². The van der Waals surface area contributed by atoms with Gasteiger partial charge in [-0.15, -0.1) is 5.10 Å². The summed E-state index contributed by atoms with van der Waals surface area (Å²) < 4.78 is 33.7. The number of amides is 1. The van der Waals surface area contributed by atoms with E-state index in [0.717, 1.165) is 12.8 Å². The lowest BCUT2D eigenvalue weighted by Crippen LogP contribution is -2.40. The van der Waals surface area contributed by atoms with E-state index in [4.69, 9.17) is 4.74 Å². The Balaban J connectivity index is 1.36. The van der Waals surface area contributed by atoms with E-state index in [-0.39, 0.29) is 29.1 Å². The number of aryl methyl sites for hydroxylation is 1. The number of hydrogen-bond donors (Lipinski definition) is 0. The lowest BCUT2D eigenvalue weighted by Gasteiger charge is -2.31. The molecule has 0 spiro atoms. The van der Waals surface area contributed by atoms with Crippen molar-refractivity contribution in [1.29, 1.82) is 0 Å². The molecule has 0 bridgehead atoms. The van der Waals surface area contributed by atoms with Crippen LogP contribution >= 0.6 is 0 Å². The number of ether oxygens (including phenoxy) is 1. The van der Waals surface area contributed by atoms with Crippen molar-refractivity contribution in [2.45, 2.75) is 50.5 Å². The van der Waals surface area contributed by atoms with Crippen LogP contribution < -0.4 is 0 Å². The Morgan fingerprint density at radius 1 is 1.12 bits per heavy atom. The summed E-state index contributed by atoms with van der Waals surface area (Å²) in [6.45, 7) is 4.69. The Labute approximate surface area is 187 Å². The maximum atomic E-state index is 12.8. The van der Waals surface area contributed by atoms with Gasteiger partial charge in [0.2, 0.25) is 15.9 Å². The number of fused-ring (bicyclic) bond motifs is 1. The number of rotatable bonds is 7. The Morgan fingerprint density at radius 2 is 1.84 bits per heavy atom. The fraction of sp³-hybridized carbons (Fsp3) is 0.619. The summed E-state index contributed by atoms with van der Waals surface area (Å²) in [6, 6.07) is 4.83. The number of hydrogen-bond acceptors (Lipinski definition) is 7. The van der Waals surface area contributed by atoms with Crippen LogP contribution in [-0.2, 0) is 30.9 Å². The first-order valence-corrected chi connectivity index (χ1v) is 12.6. The second-order valence-corrected chi connectivity index (χ2v) is 10.2. The first kappa shape index (κ1) is 22.7. The highest BCUT2D eigenvalue weighted by molar-refractivity contribution is 7.89. The van der Waals surface area contributed by atoms with Crippen LogP contribution in [0.3, 0.4) is 0 Å². The summed E-state index contributed by atoms with van der Waals surface area (Å²) >= 11 is 0. The number of esters is 1. The summed E-state index contributed by atoms with van der Waals surface area (Å²) in [5.74, 6) is -0.312. The standard InChI is InChI=1S/C21H29N5O5S/c1-2-31-21(28)16-7-12-24(13-8-16)20(27)9-14-26-19-6-5-17(15-18(19)22-23-26)32(29,30)25-10-3-4-11-25/h5-6,15-16H,2-4,7-14H2,1H3. The minimum Gasteiger partial charge on any atom is -0.466 e.